The fourth-order valence-electron chi connectivity index (χ4n) is 1.33. The van der Waals surface area contributed by atoms with Crippen molar-refractivity contribution in [2.24, 2.45) is 5.11 Å². The molecule has 0 spiro atoms. The van der Waals surface area contributed by atoms with Gasteiger partial charge in [0, 0.05) is 5.39 Å². The Morgan fingerprint density at radius 3 is 2.62 bits per heavy atom. The molecule has 2 aromatic carbocycles. The lowest BCUT2D eigenvalue weighted by Crippen LogP contribution is -1.73. The first-order valence-electron chi connectivity index (χ1n) is 3.91. The third kappa shape index (κ3) is 1.14. The molecule has 2 N–H and O–H groups in total. The van der Waals surface area contributed by atoms with E-state index in [2.05, 4.69) is 5.11 Å². The molecule has 0 saturated heterocycles. The van der Waals surface area contributed by atoms with Crippen molar-refractivity contribution in [3.8, 4) is 5.75 Å². The normalized spacial score (nSPS) is 10.2. The third-order valence-electron chi connectivity index (χ3n) is 2.00. The van der Waals surface area contributed by atoms with E-state index in [1.165, 1.54) is 0 Å². The Labute approximate surface area is 75.1 Å². The Hall–Kier alpha value is -1.90. The molecule has 0 atom stereocenters. The largest absolute Gasteiger partial charge is 0.505 e. The van der Waals surface area contributed by atoms with Crippen LogP contribution in [0.4, 0.5) is 5.69 Å². The molecule has 0 aliphatic carbocycles. The zero-order chi connectivity index (χ0) is 9.26. The summed E-state index contributed by atoms with van der Waals surface area (Å²) >= 11 is 0. The van der Waals surface area contributed by atoms with Gasteiger partial charge in [-0.1, -0.05) is 30.3 Å². The standard InChI is InChI=1S/C10H8N2O/c11-12-9-6-5-7-3-1-2-4-8(7)10(9)13/h1-6,11,13H. The number of phenolic OH excluding ortho intramolecular Hbond substituents is 1. The molecule has 0 aromatic heterocycles. The van der Waals surface area contributed by atoms with Gasteiger partial charge in [-0.05, 0) is 11.5 Å². The second-order valence-electron chi connectivity index (χ2n) is 2.77. The zero-order valence-electron chi connectivity index (χ0n) is 6.86. The SMILES string of the molecule is N=Nc1ccc2ccccc2c1O. The maximum absolute atomic E-state index is 9.64. The van der Waals surface area contributed by atoms with E-state index in [0.717, 1.165) is 10.8 Å². The van der Waals surface area contributed by atoms with Crippen LogP contribution in [0, 0.1) is 5.53 Å². The Bertz CT molecular complexity index is 465. The van der Waals surface area contributed by atoms with E-state index < -0.39 is 0 Å². The number of fused-ring (bicyclic) bond motifs is 1. The van der Waals surface area contributed by atoms with Crippen LogP contribution in [0.25, 0.3) is 10.8 Å². The molecule has 0 bridgehead atoms. The molecule has 2 aromatic rings. The fourth-order valence-corrected chi connectivity index (χ4v) is 1.33. The maximum atomic E-state index is 9.64. The maximum Gasteiger partial charge on any atom is 0.150 e. The molecular formula is C10H8N2O. The highest BCUT2D eigenvalue weighted by molar-refractivity contribution is 5.92. The zero-order valence-corrected chi connectivity index (χ0v) is 6.86. The minimum atomic E-state index is 0.0769. The van der Waals surface area contributed by atoms with E-state index in [-0.39, 0.29) is 5.75 Å². The Morgan fingerprint density at radius 2 is 1.85 bits per heavy atom. The van der Waals surface area contributed by atoms with Crippen molar-refractivity contribution < 1.29 is 5.11 Å². The van der Waals surface area contributed by atoms with Crippen LogP contribution in [0.1, 0.15) is 0 Å². The molecule has 0 saturated carbocycles. The van der Waals surface area contributed by atoms with E-state index in [0.29, 0.717) is 5.69 Å². The molecule has 0 aliphatic heterocycles. The summed E-state index contributed by atoms with van der Waals surface area (Å²) in [6.07, 6.45) is 0. The minimum absolute atomic E-state index is 0.0769. The molecule has 3 heteroatoms. The summed E-state index contributed by atoms with van der Waals surface area (Å²) in [5.41, 5.74) is 7.13. The summed E-state index contributed by atoms with van der Waals surface area (Å²) in [5, 5.41) is 14.5. The summed E-state index contributed by atoms with van der Waals surface area (Å²) in [5.74, 6) is 0.0769. The van der Waals surface area contributed by atoms with E-state index in [9.17, 15) is 5.11 Å². The van der Waals surface area contributed by atoms with Crippen LogP contribution in [0.15, 0.2) is 41.5 Å². The first-order chi connectivity index (χ1) is 6.33. The molecule has 0 radical (unpaired) electrons. The number of nitrogens with zero attached hydrogens (tertiary/aromatic N) is 1. The highest BCUT2D eigenvalue weighted by Crippen LogP contribution is 2.33. The highest BCUT2D eigenvalue weighted by Gasteiger charge is 2.03. The average Bonchev–Trinajstić information content (AvgIpc) is 2.19. The van der Waals surface area contributed by atoms with Crippen LogP contribution in [-0.4, -0.2) is 5.11 Å². The predicted molar refractivity (Wildman–Crippen MR) is 50.4 cm³/mol. The smallest absolute Gasteiger partial charge is 0.150 e. The van der Waals surface area contributed by atoms with Crippen LogP contribution < -0.4 is 0 Å². The Balaban J connectivity index is 2.86. The van der Waals surface area contributed by atoms with Crippen molar-refractivity contribution in [1.29, 1.82) is 5.53 Å². The third-order valence-corrected chi connectivity index (χ3v) is 2.00. The molecular weight excluding hydrogens is 164 g/mol. The lowest BCUT2D eigenvalue weighted by molar-refractivity contribution is 0.482. The van der Waals surface area contributed by atoms with E-state index in [4.69, 9.17) is 5.53 Å². The van der Waals surface area contributed by atoms with E-state index in [1.54, 1.807) is 12.1 Å². The topological polar surface area (TPSA) is 56.4 Å². The van der Waals surface area contributed by atoms with Gasteiger partial charge in [-0.25, -0.2) is 5.53 Å². The first-order valence-corrected chi connectivity index (χ1v) is 3.91. The molecule has 0 amide bonds. The summed E-state index contributed by atoms with van der Waals surface area (Å²) in [6.45, 7) is 0. The number of aromatic hydroxyl groups is 1. The number of hydrogen-bond donors (Lipinski definition) is 2. The average molecular weight is 172 g/mol. The van der Waals surface area contributed by atoms with Gasteiger partial charge in [0.1, 0.15) is 5.69 Å². The van der Waals surface area contributed by atoms with Gasteiger partial charge < -0.3 is 5.11 Å². The summed E-state index contributed by atoms with van der Waals surface area (Å²) in [7, 11) is 0. The van der Waals surface area contributed by atoms with Gasteiger partial charge in [0.05, 0.1) is 0 Å². The van der Waals surface area contributed by atoms with Gasteiger partial charge in [0.25, 0.3) is 0 Å². The Morgan fingerprint density at radius 1 is 1.08 bits per heavy atom. The molecule has 0 aliphatic rings. The molecule has 64 valence electrons. The number of phenols is 1. The molecule has 13 heavy (non-hydrogen) atoms. The summed E-state index contributed by atoms with van der Waals surface area (Å²) < 4.78 is 0. The first kappa shape index (κ1) is 7.73. The molecule has 2 rings (SSSR count). The fraction of sp³-hybridized carbons (Fsp3) is 0. The lowest BCUT2D eigenvalue weighted by atomic mass is 10.1. The van der Waals surface area contributed by atoms with Crippen molar-refractivity contribution in [3.63, 3.8) is 0 Å². The number of nitrogens with one attached hydrogen (secondary N) is 1. The van der Waals surface area contributed by atoms with Crippen molar-refractivity contribution in [3.05, 3.63) is 36.4 Å². The van der Waals surface area contributed by atoms with Crippen LogP contribution in [0.5, 0.6) is 5.75 Å². The van der Waals surface area contributed by atoms with Gasteiger partial charge in [-0.15, -0.1) is 0 Å². The molecule has 0 unspecified atom stereocenters. The van der Waals surface area contributed by atoms with Crippen LogP contribution in [0.3, 0.4) is 0 Å². The van der Waals surface area contributed by atoms with Crippen molar-refractivity contribution in [2.75, 3.05) is 0 Å². The second-order valence-corrected chi connectivity index (χ2v) is 2.77. The van der Waals surface area contributed by atoms with Gasteiger partial charge in [0.15, 0.2) is 5.75 Å². The minimum Gasteiger partial charge on any atom is -0.505 e. The van der Waals surface area contributed by atoms with Gasteiger partial charge in [-0.3, -0.25) is 0 Å². The van der Waals surface area contributed by atoms with Gasteiger partial charge in [-0.2, -0.15) is 5.11 Å². The summed E-state index contributed by atoms with van der Waals surface area (Å²) in [4.78, 5) is 0. The van der Waals surface area contributed by atoms with Crippen LogP contribution in [0.2, 0.25) is 0 Å². The number of rotatable bonds is 1. The molecule has 0 heterocycles. The predicted octanol–water partition coefficient (Wildman–Crippen LogP) is 3.21. The monoisotopic (exact) mass is 172 g/mol. The second kappa shape index (κ2) is 2.86. The van der Waals surface area contributed by atoms with Crippen molar-refractivity contribution in [1.82, 2.24) is 0 Å². The van der Waals surface area contributed by atoms with Crippen LogP contribution >= 0.6 is 0 Å². The van der Waals surface area contributed by atoms with Crippen LogP contribution in [-0.2, 0) is 0 Å². The Kier molecular flexibility index (Phi) is 1.70. The van der Waals surface area contributed by atoms with Gasteiger partial charge in [0.2, 0.25) is 0 Å². The van der Waals surface area contributed by atoms with Crippen molar-refractivity contribution >= 4 is 16.5 Å². The quantitative estimate of drug-likeness (QED) is 0.637. The van der Waals surface area contributed by atoms with E-state index in [1.807, 2.05) is 24.3 Å². The highest BCUT2D eigenvalue weighted by atomic mass is 16.3. The number of benzene rings is 2. The molecule has 3 nitrogen and oxygen atoms in total. The summed E-state index contributed by atoms with van der Waals surface area (Å²) in [6, 6.07) is 10.9. The van der Waals surface area contributed by atoms with Crippen molar-refractivity contribution in [2.45, 2.75) is 0 Å². The van der Waals surface area contributed by atoms with E-state index >= 15 is 0 Å². The van der Waals surface area contributed by atoms with Gasteiger partial charge >= 0.3 is 0 Å². The molecule has 0 fully saturated rings. The number of hydrogen-bond acceptors (Lipinski definition) is 3. The lowest BCUT2D eigenvalue weighted by Gasteiger charge is -2.01.